The predicted molar refractivity (Wildman–Crippen MR) is 185 cm³/mol. The van der Waals surface area contributed by atoms with Crippen LogP contribution in [0, 0.1) is 34.0 Å². The van der Waals surface area contributed by atoms with Crippen molar-refractivity contribution in [3.05, 3.63) is 12.2 Å². The largest absolute Gasteiger partial charge is 0.432 e. The molecule has 0 aromatic carbocycles. The molecule has 0 aromatic heterocycles. The summed E-state index contributed by atoms with van der Waals surface area (Å²) in [6.07, 6.45) is -17.2. The monoisotopic (exact) mass is 788 g/mol. The molecule has 2 bridgehead atoms. The molecule has 0 aromatic rings. The minimum absolute atomic E-state index is 0.0204. The van der Waals surface area contributed by atoms with Crippen molar-refractivity contribution in [1.29, 1.82) is 0 Å². The standard InChI is InChI=1S/C38H60O17/c1-15-11-38-9-6-21-36(3,7-5-8-37(21,4)35(49)55-33-30(48)27(45)24(42)19(13-39)52-33)22(38)10-18(17(15)12-38)51-34-31(28(46)25(43)20(14-40)53-34)54-32-29(47)26(44)23(41)16(2)50-32/h16-34,39-48H,1,5-14H2,2-4H3/t16?,17?,18?,19?,20?,21?,22-,23?,24?,25?,26?,27?,28?,29?,30?,31?,32?,33?,34?,36+,37+,38+/m0/s1. The summed E-state index contributed by atoms with van der Waals surface area (Å²) in [6.45, 7) is 8.71. The molecular formula is C38H60O17. The van der Waals surface area contributed by atoms with Crippen LogP contribution in [0.25, 0.3) is 0 Å². The van der Waals surface area contributed by atoms with Crippen molar-refractivity contribution in [2.24, 2.45) is 34.0 Å². The van der Waals surface area contributed by atoms with Crippen molar-refractivity contribution < 1.29 is 84.3 Å². The molecule has 55 heavy (non-hydrogen) atoms. The van der Waals surface area contributed by atoms with Gasteiger partial charge in [0.05, 0.1) is 30.8 Å². The van der Waals surface area contributed by atoms with Crippen LogP contribution in [0.1, 0.15) is 72.1 Å². The number of hydrogen-bond acceptors (Lipinski definition) is 17. The Labute approximate surface area is 319 Å². The van der Waals surface area contributed by atoms with Crippen molar-refractivity contribution in [1.82, 2.24) is 0 Å². The minimum atomic E-state index is -1.72. The van der Waals surface area contributed by atoms with Crippen molar-refractivity contribution in [2.75, 3.05) is 13.2 Å². The topological polar surface area (TPSA) is 275 Å². The van der Waals surface area contributed by atoms with Gasteiger partial charge >= 0.3 is 5.97 Å². The van der Waals surface area contributed by atoms with Crippen LogP contribution < -0.4 is 0 Å². The van der Waals surface area contributed by atoms with Gasteiger partial charge in [-0.3, -0.25) is 4.79 Å². The number of carbonyl (C=O) groups excluding carboxylic acids is 1. The van der Waals surface area contributed by atoms with Crippen LogP contribution in [-0.4, -0.2) is 168 Å². The van der Waals surface area contributed by atoms with E-state index in [1.54, 1.807) is 0 Å². The van der Waals surface area contributed by atoms with Gasteiger partial charge in [0.1, 0.15) is 67.1 Å². The fourth-order valence-electron chi connectivity index (χ4n) is 11.9. The number of fused-ring (bicyclic) bond motifs is 3. The van der Waals surface area contributed by atoms with E-state index in [2.05, 4.69) is 13.5 Å². The lowest BCUT2D eigenvalue weighted by Gasteiger charge is -2.64. The van der Waals surface area contributed by atoms with E-state index >= 15 is 0 Å². The number of rotatable bonds is 8. The third kappa shape index (κ3) is 6.82. The Morgan fingerprint density at radius 1 is 0.745 bits per heavy atom. The van der Waals surface area contributed by atoms with Gasteiger partial charge in [-0.25, -0.2) is 0 Å². The number of ether oxygens (including phenoxy) is 6. The molecule has 22 atom stereocenters. The first-order valence-electron chi connectivity index (χ1n) is 19.7. The molecule has 4 aliphatic carbocycles. The Morgan fingerprint density at radius 2 is 1.36 bits per heavy atom. The Hall–Kier alpha value is -1.39. The van der Waals surface area contributed by atoms with Gasteiger partial charge in [0, 0.05) is 5.92 Å². The van der Waals surface area contributed by atoms with E-state index < -0.39 is 128 Å². The molecule has 17 nitrogen and oxygen atoms in total. The van der Waals surface area contributed by atoms with Crippen molar-refractivity contribution >= 4 is 5.97 Å². The molecule has 18 unspecified atom stereocenters. The summed E-state index contributed by atoms with van der Waals surface area (Å²) in [5, 5.41) is 104. The van der Waals surface area contributed by atoms with Crippen LogP contribution in [0.3, 0.4) is 0 Å². The second-order valence-corrected chi connectivity index (χ2v) is 17.9. The highest BCUT2D eigenvalue weighted by atomic mass is 16.8. The SMILES string of the molecule is C=C1C[C@@]23CCC4[C@](C)(C(=O)OC5OC(CO)C(O)C(O)C5O)CCC[C@@]4(C)[C@@H]2CC(OC2OC(CO)C(O)C(O)C2OC2OC(C)C(O)C(O)C2O)C1C3. The number of aliphatic hydroxyl groups is 10. The quantitative estimate of drug-likeness (QED) is 0.0720. The average Bonchev–Trinajstić information content (AvgIpc) is 3.43. The lowest BCUT2D eigenvalue weighted by Crippen LogP contribution is -2.65. The smallest absolute Gasteiger partial charge is 0.314 e. The van der Waals surface area contributed by atoms with Crippen molar-refractivity contribution in [3.8, 4) is 0 Å². The predicted octanol–water partition coefficient (Wildman–Crippen LogP) is -2.05. The lowest BCUT2D eigenvalue weighted by molar-refractivity contribution is -0.372. The molecule has 4 saturated carbocycles. The van der Waals surface area contributed by atoms with Crippen LogP contribution in [0.4, 0.5) is 0 Å². The summed E-state index contributed by atoms with van der Waals surface area (Å²) in [7, 11) is 0. The van der Waals surface area contributed by atoms with Crippen molar-refractivity contribution in [3.63, 3.8) is 0 Å². The summed E-state index contributed by atoms with van der Waals surface area (Å²) >= 11 is 0. The molecule has 7 rings (SSSR count). The first-order chi connectivity index (χ1) is 25.9. The normalized spacial score (nSPS) is 55.4. The van der Waals surface area contributed by atoms with Crippen LogP contribution >= 0.6 is 0 Å². The van der Waals surface area contributed by atoms with E-state index in [1.165, 1.54) is 6.92 Å². The first-order valence-corrected chi connectivity index (χ1v) is 19.7. The van der Waals surface area contributed by atoms with Crippen molar-refractivity contribution in [2.45, 2.75) is 170 Å². The summed E-state index contributed by atoms with van der Waals surface area (Å²) < 4.78 is 35.7. The van der Waals surface area contributed by atoms with Crippen LogP contribution in [0.5, 0.6) is 0 Å². The van der Waals surface area contributed by atoms with Gasteiger partial charge in [-0.1, -0.05) is 25.5 Å². The summed E-state index contributed by atoms with van der Waals surface area (Å²) in [4.78, 5) is 14.2. The maximum absolute atomic E-state index is 14.2. The minimum Gasteiger partial charge on any atom is -0.432 e. The van der Waals surface area contributed by atoms with E-state index in [1.807, 2.05) is 6.92 Å². The molecule has 0 amide bonds. The Kier molecular flexibility index (Phi) is 11.6. The first kappa shape index (κ1) is 41.8. The molecule has 17 heteroatoms. The van der Waals surface area contributed by atoms with E-state index in [-0.39, 0.29) is 23.2 Å². The fourth-order valence-corrected chi connectivity index (χ4v) is 11.9. The van der Waals surface area contributed by atoms with E-state index in [4.69, 9.17) is 28.4 Å². The number of aliphatic hydroxyl groups excluding tert-OH is 10. The van der Waals surface area contributed by atoms with Gasteiger partial charge in [0.15, 0.2) is 12.6 Å². The molecule has 3 saturated heterocycles. The Balaban J connectivity index is 1.13. The summed E-state index contributed by atoms with van der Waals surface area (Å²) in [5.41, 5.74) is -0.533. The zero-order valence-electron chi connectivity index (χ0n) is 31.6. The maximum atomic E-state index is 14.2. The van der Waals surface area contributed by atoms with Crippen LogP contribution in [0.2, 0.25) is 0 Å². The summed E-state index contributed by atoms with van der Waals surface area (Å²) in [6, 6.07) is 0. The molecule has 7 aliphatic rings. The number of esters is 1. The summed E-state index contributed by atoms with van der Waals surface area (Å²) in [5.74, 6) is -0.846. The van der Waals surface area contributed by atoms with E-state index in [9.17, 15) is 55.9 Å². The van der Waals surface area contributed by atoms with E-state index in [0.29, 0.717) is 19.3 Å². The molecule has 314 valence electrons. The Morgan fingerprint density at radius 3 is 2.04 bits per heavy atom. The van der Waals surface area contributed by atoms with Crippen LogP contribution in [0.15, 0.2) is 12.2 Å². The zero-order chi connectivity index (χ0) is 39.9. The van der Waals surface area contributed by atoms with Gasteiger partial charge in [-0.05, 0) is 81.5 Å². The second kappa shape index (κ2) is 15.3. The second-order valence-electron chi connectivity index (χ2n) is 17.9. The Bertz CT molecular complexity index is 1420. The molecule has 10 N–H and O–H groups in total. The van der Waals surface area contributed by atoms with Gasteiger partial charge < -0.3 is 79.5 Å². The molecule has 3 aliphatic heterocycles. The number of carbonyl (C=O) groups is 1. The highest BCUT2D eigenvalue weighted by Crippen LogP contribution is 2.72. The van der Waals surface area contributed by atoms with Gasteiger partial charge in [0.25, 0.3) is 0 Å². The highest BCUT2D eigenvalue weighted by molar-refractivity contribution is 5.77. The van der Waals surface area contributed by atoms with Gasteiger partial charge in [-0.15, -0.1) is 0 Å². The lowest BCUT2D eigenvalue weighted by atomic mass is 9.41. The third-order valence-electron chi connectivity index (χ3n) is 14.9. The fraction of sp³-hybridized carbons (Fsp3) is 0.921. The highest BCUT2D eigenvalue weighted by Gasteiger charge is 2.68. The molecule has 1 spiro atoms. The molecular weight excluding hydrogens is 728 g/mol. The zero-order valence-corrected chi connectivity index (χ0v) is 31.6. The maximum Gasteiger partial charge on any atom is 0.314 e. The third-order valence-corrected chi connectivity index (χ3v) is 14.9. The number of hydrogen-bond donors (Lipinski definition) is 10. The average molecular weight is 789 g/mol. The van der Waals surface area contributed by atoms with E-state index in [0.717, 1.165) is 37.7 Å². The molecule has 3 heterocycles. The van der Waals surface area contributed by atoms with Gasteiger partial charge in [-0.2, -0.15) is 0 Å². The molecule has 0 radical (unpaired) electrons. The van der Waals surface area contributed by atoms with Crippen LogP contribution in [-0.2, 0) is 33.2 Å². The molecule has 7 fully saturated rings. The van der Waals surface area contributed by atoms with Gasteiger partial charge in [0.2, 0.25) is 6.29 Å².